The molecule has 0 N–H and O–H groups in total. The fourth-order valence-corrected chi connectivity index (χ4v) is 4.30. The van der Waals surface area contributed by atoms with Crippen LogP contribution in [0.3, 0.4) is 0 Å². The molecule has 0 aliphatic rings. The molecule has 1 aromatic heterocycles. The number of nitrogens with zero attached hydrogens (tertiary/aromatic N) is 2. The predicted octanol–water partition coefficient (Wildman–Crippen LogP) is 6.72. The number of fused-ring (bicyclic) bond motifs is 1. The fourth-order valence-electron chi connectivity index (χ4n) is 3.27. The van der Waals surface area contributed by atoms with Gasteiger partial charge in [0, 0.05) is 5.56 Å². The Morgan fingerprint density at radius 3 is 2.45 bits per heavy atom. The van der Waals surface area contributed by atoms with Crippen LogP contribution in [-0.2, 0) is 19.1 Å². The van der Waals surface area contributed by atoms with Gasteiger partial charge in [-0.25, -0.2) is 4.98 Å². The Labute approximate surface area is 181 Å². The van der Waals surface area contributed by atoms with Gasteiger partial charge in [-0.05, 0) is 47.9 Å². The minimum absolute atomic E-state index is 0.0285. The lowest BCUT2D eigenvalue weighted by molar-refractivity contribution is -0.137. The van der Waals surface area contributed by atoms with Crippen molar-refractivity contribution in [2.24, 2.45) is 0 Å². The second kappa shape index (κ2) is 8.51. The average molecular weight is 440 g/mol. The topological polar surface area (TPSA) is 33.2 Å². The zero-order valence-corrected chi connectivity index (χ0v) is 17.5. The van der Waals surface area contributed by atoms with Crippen molar-refractivity contribution in [2.45, 2.75) is 26.1 Å². The van der Waals surface area contributed by atoms with Crippen molar-refractivity contribution in [3.63, 3.8) is 0 Å². The number of hydrogen-bond donors (Lipinski definition) is 0. The van der Waals surface area contributed by atoms with E-state index in [2.05, 4.69) is 11.9 Å². The number of aromatic nitrogens is 1. The number of benzene rings is 3. The standard InChI is InChI=1S/C24H19F3N2OS/c1-2-16-11-12-20-21(13-16)31-23(28-20)29(15-17-7-4-3-5-8-17)22(30)18-9-6-10-19(14-18)24(25,26)27/h3-14H,2,15H2,1H3. The minimum atomic E-state index is -4.52. The van der Waals surface area contributed by atoms with Crippen LogP contribution in [0.2, 0.25) is 0 Å². The molecule has 4 aromatic rings. The molecule has 7 heteroatoms. The van der Waals surface area contributed by atoms with Crippen molar-refractivity contribution < 1.29 is 18.0 Å². The van der Waals surface area contributed by atoms with E-state index in [1.165, 1.54) is 28.4 Å². The van der Waals surface area contributed by atoms with Crippen LogP contribution in [-0.4, -0.2) is 10.9 Å². The first kappa shape index (κ1) is 21.1. The molecule has 0 saturated heterocycles. The first-order valence-corrected chi connectivity index (χ1v) is 10.6. The maximum Gasteiger partial charge on any atom is 0.416 e. The molecule has 4 rings (SSSR count). The fraction of sp³-hybridized carbons (Fsp3) is 0.167. The number of carbonyl (C=O) groups excluding carboxylic acids is 1. The molecule has 0 aliphatic carbocycles. The quantitative estimate of drug-likeness (QED) is 0.345. The summed E-state index contributed by atoms with van der Waals surface area (Å²) in [4.78, 5) is 19.4. The molecule has 0 bridgehead atoms. The lowest BCUT2D eigenvalue weighted by atomic mass is 10.1. The molecule has 0 saturated carbocycles. The van der Waals surface area contributed by atoms with Crippen LogP contribution in [0.25, 0.3) is 10.2 Å². The van der Waals surface area contributed by atoms with Gasteiger partial charge in [-0.15, -0.1) is 0 Å². The summed E-state index contributed by atoms with van der Waals surface area (Å²) in [6.45, 7) is 2.26. The summed E-state index contributed by atoms with van der Waals surface area (Å²) in [6.07, 6.45) is -3.65. The van der Waals surface area contributed by atoms with Crippen LogP contribution >= 0.6 is 11.3 Å². The highest BCUT2D eigenvalue weighted by molar-refractivity contribution is 7.22. The van der Waals surface area contributed by atoms with E-state index >= 15 is 0 Å². The van der Waals surface area contributed by atoms with Crippen LogP contribution in [0.4, 0.5) is 18.3 Å². The molecular weight excluding hydrogens is 421 g/mol. The van der Waals surface area contributed by atoms with Crippen LogP contribution < -0.4 is 4.90 Å². The zero-order chi connectivity index (χ0) is 22.0. The Balaban J connectivity index is 1.77. The average Bonchev–Trinajstić information content (AvgIpc) is 3.20. The third-order valence-electron chi connectivity index (χ3n) is 4.95. The molecule has 0 unspecified atom stereocenters. The number of hydrogen-bond acceptors (Lipinski definition) is 3. The van der Waals surface area contributed by atoms with Crippen molar-refractivity contribution in [3.8, 4) is 0 Å². The molecule has 158 valence electrons. The highest BCUT2D eigenvalue weighted by Gasteiger charge is 2.32. The maximum absolute atomic E-state index is 13.4. The largest absolute Gasteiger partial charge is 0.416 e. The van der Waals surface area contributed by atoms with E-state index in [1.54, 1.807) is 0 Å². The number of halogens is 3. The molecule has 1 amide bonds. The molecular formula is C24H19F3N2OS. The molecule has 31 heavy (non-hydrogen) atoms. The molecule has 0 spiro atoms. The van der Waals surface area contributed by atoms with Crippen LogP contribution in [0.1, 0.15) is 34.0 Å². The predicted molar refractivity (Wildman–Crippen MR) is 117 cm³/mol. The van der Waals surface area contributed by atoms with Gasteiger partial charge in [-0.2, -0.15) is 13.2 Å². The maximum atomic E-state index is 13.4. The molecule has 0 fully saturated rings. The number of alkyl halides is 3. The zero-order valence-electron chi connectivity index (χ0n) is 16.7. The summed E-state index contributed by atoms with van der Waals surface area (Å²) in [7, 11) is 0. The number of amides is 1. The highest BCUT2D eigenvalue weighted by atomic mass is 32.1. The van der Waals surface area contributed by atoms with Gasteiger partial charge < -0.3 is 0 Å². The number of anilines is 1. The van der Waals surface area contributed by atoms with Crippen molar-refractivity contribution in [3.05, 3.63) is 95.1 Å². The van der Waals surface area contributed by atoms with Gasteiger partial charge in [0.2, 0.25) is 0 Å². The summed E-state index contributed by atoms with van der Waals surface area (Å²) < 4.78 is 40.5. The van der Waals surface area contributed by atoms with Gasteiger partial charge in [-0.1, -0.05) is 60.7 Å². The summed E-state index contributed by atoms with van der Waals surface area (Å²) in [6, 6.07) is 19.8. The van der Waals surface area contributed by atoms with Gasteiger partial charge >= 0.3 is 6.18 Å². The minimum Gasteiger partial charge on any atom is -0.279 e. The van der Waals surface area contributed by atoms with Gasteiger partial charge in [0.1, 0.15) is 0 Å². The Morgan fingerprint density at radius 2 is 1.74 bits per heavy atom. The number of carbonyl (C=O) groups is 1. The van der Waals surface area contributed by atoms with Crippen molar-refractivity contribution >= 4 is 32.6 Å². The van der Waals surface area contributed by atoms with Crippen molar-refractivity contribution in [2.75, 3.05) is 4.90 Å². The Kier molecular flexibility index (Phi) is 5.78. The van der Waals surface area contributed by atoms with Gasteiger partial charge in [-0.3, -0.25) is 9.69 Å². The smallest absolute Gasteiger partial charge is 0.279 e. The van der Waals surface area contributed by atoms with Crippen molar-refractivity contribution in [1.29, 1.82) is 0 Å². The monoisotopic (exact) mass is 440 g/mol. The van der Waals surface area contributed by atoms with E-state index in [9.17, 15) is 18.0 Å². The van der Waals surface area contributed by atoms with Gasteiger partial charge in [0.05, 0.1) is 22.3 Å². The summed E-state index contributed by atoms with van der Waals surface area (Å²) in [5, 5.41) is 0.453. The van der Waals surface area contributed by atoms with Crippen LogP contribution in [0.5, 0.6) is 0 Å². The van der Waals surface area contributed by atoms with Gasteiger partial charge in [0.25, 0.3) is 5.91 Å². The number of rotatable bonds is 5. The van der Waals surface area contributed by atoms with Crippen LogP contribution in [0, 0.1) is 0 Å². The normalized spacial score (nSPS) is 11.6. The summed E-state index contributed by atoms with van der Waals surface area (Å²) >= 11 is 1.36. The molecule has 3 nitrogen and oxygen atoms in total. The number of thiazole rings is 1. The molecule has 1 heterocycles. The molecule has 0 atom stereocenters. The first-order valence-electron chi connectivity index (χ1n) is 9.77. The van der Waals surface area contributed by atoms with E-state index in [0.29, 0.717) is 5.13 Å². The van der Waals surface area contributed by atoms with E-state index < -0.39 is 17.6 Å². The second-order valence-corrected chi connectivity index (χ2v) is 8.12. The third-order valence-corrected chi connectivity index (χ3v) is 5.99. The van der Waals surface area contributed by atoms with Crippen molar-refractivity contribution in [1.82, 2.24) is 4.98 Å². The summed E-state index contributed by atoms with van der Waals surface area (Å²) in [5.74, 6) is -0.523. The van der Waals surface area contributed by atoms with E-state index in [-0.39, 0.29) is 12.1 Å². The van der Waals surface area contributed by atoms with E-state index in [4.69, 9.17) is 0 Å². The third kappa shape index (κ3) is 4.61. The van der Waals surface area contributed by atoms with Gasteiger partial charge in [0.15, 0.2) is 5.13 Å². The lowest BCUT2D eigenvalue weighted by Crippen LogP contribution is -2.30. The molecule has 3 aromatic carbocycles. The molecule has 0 aliphatic heterocycles. The Morgan fingerprint density at radius 1 is 0.968 bits per heavy atom. The second-order valence-electron chi connectivity index (χ2n) is 7.11. The van der Waals surface area contributed by atoms with E-state index in [1.807, 2.05) is 48.5 Å². The summed E-state index contributed by atoms with van der Waals surface area (Å²) in [5.41, 5.74) is 1.89. The molecule has 0 radical (unpaired) electrons. The first-order chi connectivity index (χ1) is 14.8. The highest BCUT2D eigenvalue weighted by Crippen LogP contribution is 2.33. The lowest BCUT2D eigenvalue weighted by Gasteiger charge is -2.20. The Bertz CT molecular complexity index is 1220. The Hall–Kier alpha value is -3.19. The number of aryl methyl sites for hydroxylation is 1. The van der Waals surface area contributed by atoms with Crippen LogP contribution in [0.15, 0.2) is 72.8 Å². The SMILES string of the molecule is CCc1ccc2nc(N(Cc3ccccc3)C(=O)c3cccc(C(F)(F)F)c3)sc2c1. The van der Waals surface area contributed by atoms with E-state index in [0.717, 1.165) is 39.9 Å².